The summed E-state index contributed by atoms with van der Waals surface area (Å²) in [5, 5.41) is 2.98. The Bertz CT molecular complexity index is 1040. The summed E-state index contributed by atoms with van der Waals surface area (Å²) in [5.74, 6) is -0.0799. The zero-order valence-corrected chi connectivity index (χ0v) is 20.3. The molecule has 0 aromatic heterocycles. The average molecular weight is 463 g/mol. The van der Waals surface area contributed by atoms with Gasteiger partial charge in [0.15, 0.2) is 0 Å². The van der Waals surface area contributed by atoms with Gasteiger partial charge in [0.2, 0.25) is 11.8 Å². The van der Waals surface area contributed by atoms with Crippen molar-refractivity contribution >= 4 is 23.5 Å². The van der Waals surface area contributed by atoms with Crippen LogP contribution in [0.5, 0.6) is 0 Å². The summed E-state index contributed by atoms with van der Waals surface area (Å²) in [6.45, 7) is 7.86. The van der Waals surface area contributed by atoms with Gasteiger partial charge >= 0.3 is 6.03 Å². The Morgan fingerprint density at radius 2 is 1.65 bits per heavy atom. The fraction of sp³-hybridized carbons (Fsp3) is 0.444. The Balaban J connectivity index is 1.37. The number of piperidine rings is 1. The molecule has 2 aromatic carbocycles. The van der Waals surface area contributed by atoms with E-state index in [4.69, 9.17) is 0 Å². The van der Waals surface area contributed by atoms with Crippen LogP contribution >= 0.6 is 0 Å². The number of hydrogen-bond donors (Lipinski definition) is 1. The first-order chi connectivity index (χ1) is 16.2. The summed E-state index contributed by atoms with van der Waals surface area (Å²) < 4.78 is 0. The van der Waals surface area contributed by atoms with Crippen molar-refractivity contribution in [2.24, 2.45) is 5.41 Å². The molecule has 2 aliphatic heterocycles. The third-order valence-corrected chi connectivity index (χ3v) is 6.59. The van der Waals surface area contributed by atoms with Crippen LogP contribution < -0.4 is 5.32 Å². The van der Waals surface area contributed by atoms with Crippen LogP contribution in [0.15, 0.2) is 54.6 Å². The lowest BCUT2D eigenvalue weighted by molar-refractivity contribution is -0.146. The van der Waals surface area contributed by atoms with Crippen LogP contribution in [0.3, 0.4) is 0 Å². The van der Waals surface area contributed by atoms with Crippen molar-refractivity contribution in [2.75, 3.05) is 25.0 Å². The molecule has 34 heavy (non-hydrogen) atoms. The van der Waals surface area contributed by atoms with E-state index in [0.29, 0.717) is 26.2 Å². The number of nitrogens with one attached hydrogen (secondary N) is 1. The van der Waals surface area contributed by atoms with Crippen LogP contribution in [0.1, 0.15) is 44.7 Å². The van der Waals surface area contributed by atoms with Crippen molar-refractivity contribution in [3.05, 3.63) is 65.7 Å². The first-order valence-electron chi connectivity index (χ1n) is 12.0. The highest BCUT2D eigenvalue weighted by molar-refractivity contribution is 5.92. The third-order valence-electron chi connectivity index (χ3n) is 6.59. The Kier molecular flexibility index (Phi) is 6.91. The molecule has 0 bridgehead atoms. The van der Waals surface area contributed by atoms with E-state index in [9.17, 15) is 14.4 Å². The summed E-state index contributed by atoms with van der Waals surface area (Å²) in [7, 11) is 0. The fourth-order valence-electron chi connectivity index (χ4n) is 4.69. The Morgan fingerprint density at radius 1 is 1.00 bits per heavy atom. The molecule has 0 atom stereocenters. The largest absolute Gasteiger partial charge is 0.341 e. The van der Waals surface area contributed by atoms with Gasteiger partial charge in [0, 0.05) is 43.3 Å². The van der Waals surface area contributed by atoms with Crippen molar-refractivity contribution in [1.29, 1.82) is 0 Å². The monoisotopic (exact) mass is 462 g/mol. The van der Waals surface area contributed by atoms with Crippen molar-refractivity contribution in [1.82, 2.24) is 14.7 Å². The summed E-state index contributed by atoms with van der Waals surface area (Å²) >= 11 is 0. The van der Waals surface area contributed by atoms with Crippen LogP contribution in [-0.4, -0.2) is 58.2 Å². The highest BCUT2D eigenvalue weighted by atomic mass is 16.2. The standard InChI is InChI=1S/C27H34N4O3/c1-27(2,3)25(33)30(17-20-9-5-4-6-10-20)19-24(32)29-15-13-22(14-16-29)31-18-21-11-7-8-12-23(21)28-26(31)34/h4-12,22H,13-19H2,1-3H3,(H,28,34). The van der Waals surface area contributed by atoms with Gasteiger partial charge in [-0.15, -0.1) is 0 Å². The molecule has 4 amide bonds. The fourth-order valence-corrected chi connectivity index (χ4v) is 4.69. The lowest BCUT2D eigenvalue weighted by Crippen LogP contribution is -2.53. The number of rotatable bonds is 5. The van der Waals surface area contributed by atoms with Gasteiger partial charge < -0.3 is 20.0 Å². The molecule has 2 aromatic rings. The number of anilines is 1. The molecule has 0 spiro atoms. The molecule has 4 rings (SSSR count). The number of nitrogens with zero attached hydrogens (tertiary/aromatic N) is 3. The van der Waals surface area contributed by atoms with Crippen LogP contribution in [0, 0.1) is 5.41 Å². The Hall–Kier alpha value is -3.35. The normalized spacial score (nSPS) is 16.6. The predicted molar refractivity (Wildman–Crippen MR) is 132 cm³/mol. The zero-order chi connectivity index (χ0) is 24.3. The van der Waals surface area contributed by atoms with Crippen molar-refractivity contribution in [3.63, 3.8) is 0 Å². The molecule has 1 saturated heterocycles. The maximum atomic E-state index is 13.2. The van der Waals surface area contributed by atoms with Crippen LogP contribution in [0.4, 0.5) is 10.5 Å². The molecule has 0 unspecified atom stereocenters. The molecule has 180 valence electrons. The van der Waals surface area contributed by atoms with Gasteiger partial charge in [-0.05, 0) is 30.0 Å². The molecule has 2 aliphatic rings. The number of amides is 4. The van der Waals surface area contributed by atoms with Gasteiger partial charge in [-0.25, -0.2) is 4.79 Å². The second-order valence-corrected chi connectivity index (χ2v) is 10.2. The SMILES string of the molecule is CC(C)(C)C(=O)N(CC(=O)N1CCC(N2Cc3ccccc3NC2=O)CC1)Cc1ccccc1. The van der Waals surface area contributed by atoms with Crippen LogP contribution in [0.25, 0.3) is 0 Å². The number of fused-ring (bicyclic) bond motifs is 1. The number of benzene rings is 2. The predicted octanol–water partition coefficient (Wildman–Crippen LogP) is 4.10. The third kappa shape index (κ3) is 5.41. The molecule has 0 radical (unpaired) electrons. The quantitative estimate of drug-likeness (QED) is 0.727. The van der Waals surface area contributed by atoms with Gasteiger partial charge in [-0.1, -0.05) is 69.3 Å². The molecular formula is C27H34N4O3. The second kappa shape index (κ2) is 9.87. The summed E-state index contributed by atoms with van der Waals surface area (Å²) in [6.07, 6.45) is 1.46. The Labute approximate surface area is 201 Å². The molecule has 1 N–H and O–H groups in total. The zero-order valence-electron chi connectivity index (χ0n) is 20.3. The average Bonchev–Trinajstić information content (AvgIpc) is 2.83. The summed E-state index contributed by atoms with van der Waals surface area (Å²) in [6, 6.07) is 17.6. The van der Waals surface area contributed by atoms with E-state index in [-0.39, 0.29) is 30.4 Å². The number of carbonyl (C=O) groups is 3. The molecule has 7 heteroatoms. The minimum Gasteiger partial charge on any atom is -0.341 e. The first-order valence-corrected chi connectivity index (χ1v) is 12.0. The molecule has 0 aliphatic carbocycles. The van der Waals surface area contributed by atoms with Crippen molar-refractivity contribution in [2.45, 2.75) is 52.7 Å². The maximum absolute atomic E-state index is 13.2. The van der Waals surface area contributed by atoms with E-state index in [1.54, 1.807) is 4.90 Å². The topological polar surface area (TPSA) is 73.0 Å². The van der Waals surface area contributed by atoms with Gasteiger partial charge in [0.1, 0.15) is 6.54 Å². The smallest absolute Gasteiger partial charge is 0.322 e. The minimum atomic E-state index is -0.569. The van der Waals surface area contributed by atoms with Crippen molar-refractivity contribution < 1.29 is 14.4 Å². The number of hydrogen-bond acceptors (Lipinski definition) is 3. The van der Waals surface area contributed by atoms with Gasteiger partial charge in [-0.2, -0.15) is 0 Å². The second-order valence-electron chi connectivity index (χ2n) is 10.2. The maximum Gasteiger partial charge on any atom is 0.322 e. The van der Waals surface area contributed by atoms with E-state index in [1.807, 2.05) is 85.2 Å². The number of para-hydroxylation sites is 1. The van der Waals surface area contributed by atoms with E-state index < -0.39 is 5.41 Å². The number of carbonyl (C=O) groups excluding carboxylic acids is 3. The molecular weight excluding hydrogens is 428 g/mol. The summed E-state index contributed by atoms with van der Waals surface area (Å²) in [5.41, 5.74) is 2.42. The van der Waals surface area contributed by atoms with Crippen LogP contribution in [0.2, 0.25) is 0 Å². The minimum absolute atomic E-state index is 0.0387. The highest BCUT2D eigenvalue weighted by Crippen LogP contribution is 2.28. The highest BCUT2D eigenvalue weighted by Gasteiger charge is 2.34. The molecule has 2 heterocycles. The molecule has 7 nitrogen and oxygen atoms in total. The van der Waals surface area contributed by atoms with Gasteiger partial charge in [-0.3, -0.25) is 9.59 Å². The van der Waals surface area contributed by atoms with Gasteiger partial charge in [0.05, 0.1) is 0 Å². The van der Waals surface area contributed by atoms with E-state index in [2.05, 4.69) is 5.32 Å². The van der Waals surface area contributed by atoms with Crippen LogP contribution in [-0.2, 0) is 22.7 Å². The van der Waals surface area contributed by atoms with E-state index >= 15 is 0 Å². The van der Waals surface area contributed by atoms with E-state index in [0.717, 1.165) is 29.7 Å². The lowest BCUT2D eigenvalue weighted by atomic mass is 9.94. The lowest BCUT2D eigenvalue weighted by Gasteiger charge is -2.41. The number of urea groups is 1. The Morgan fingerprint density at radius 3 is 2.32 bits per heavy atom. The number of likely N-dealkylation sites (tertiary alicyclic amines) is 1. The summed E-state index contributed by atoms with van der Waals surface area (Å²) in [4.78, 5) is 44.3. The molecule has 1 fully saturated rings. The van der Waals surface area contributed by atoms with Gasteiger partial charge in [0.25, 0.3) is 0 Å². The molecule has 0 saturated carbocycles. The van der Waals surface area contributed by atoms with Crippen molar-refractivity contribution in [3.8, 4) is 0 Å². The van der Waals surface area contributed by atoms with E-state index in [1.165, 1.54) is 0 Å². The first kappa shape index (κ1) is 23.8.